The maximum absolute atomic E-state index is 11.5. The third-order valence-corrected chi connectivity index (χ3v) is 2.37. The Morgan fingerprint density at radius 1 is 1.38 bits per heavy atom. The van der Waals surface area contributed by atoms with E-state index in [0.717, 1.165) is 12.8 Å². The minimum Gasteiger partial charge on any atom is -0.311 e. The average Bonchev–Trinajstić information content (AvgIpc) is 2.24. The highest BCUT2D eigenvalue weighted by Crippen LogP contribution is 2.09. The molecule has 0 radical (unpaired) electrons. The molecule has 1 amide bonds. The van der Waals surface area contributed by atoms with Crippen molar-refractivity contribution >= 4 is 23.3 Å². The number of carbonyl (C=O) groups is 1. The van der Waals surface area contributed by atoms with Gasteiger partial charge in [-0.25, -0.2) is 9.97 Å². The Labute approximate surface area is 100 Å². The van der Waals surface area contributed by atoms with Gasteiger partial charge in [0, 0.05) is 12.5 Å². The smallest absolute Gasteiger partial charge is 0.225 e. The summed E-state index contributed by atoms with van der Waals surface area (Å²) in [7, 11) is 0. The van der Waals surface area contributed by atoms with Crippen molar-refractivity contribution in [2.45, 2.75) is 39.0 Å². The van der Waals surface area contributed by atoms with E-state index in [0.29, 0.717) is 17.4 Å². The van der Waals surface area contributed by atoms with Gasteiger partial charge in [0.15, 0.2) is 0 Å². The van der Waals surface area contributed by atoms with E-state index in [2.05, 4.69) is 22.2 Å². The Balaban J connectivity index is 2.29. The number of carbonyl (C=O) groups excluding carboxylic acids is 1. The number of nitrogens with zero attached hydrogens (tertiary/aromatic N) is 2. The van der Waals surface area contributed by atoms with Gasteiger partial charge in [0.05, 0.1) is 0 Å². The van der Waals surface area contributed by atoms with Gasteiger partial charge in [-0.2, -0.15) is 0 Å². The number of aromatic nitrogens is 2. The summed E-state index contributed by atoms with van der Waals surface area (Å²) in [5.41, 5.74) is 0. The molecule has 0 aliphatic rings. The molecule has 5 heteroatoms. The lowest BCUT2D eigenvalue weighted by atomic mass is 10.1. The highest BCUT2D eigenvalue weighted by atomic mass is 35.5. The molecule has 16 heavy (non-hydrogen) atoms. The number of unbranched alkanes of at least 4 members (excludes halogenated alkanes) is 3. The molecule has 0 unspecified atom stereocenters. The first-order chi connectivity index (χ1) is 7.72. The monoisotopic (exact) mass is 241 g/mol. The number of hydrogen-bond acceptors (Lipinski definition) is 3. The van der Waals surface area contributed by atoms with Crippen LogP contribution in [0, 0.1) is 0 Å². The van der Waals surface area contributed by atoms with Crippen LogP contribution in [0.2, 0.25) is 5.15 Å². The molecular formula is C11H16ClN3O. The van der Waals surface area contributed by atoms with E-state index in [1.165, 1.54) is 25.2 Å². The fourth-order valence-corrected chi connectivity index (χ4v) is 1.47. The molecule has 1 N–H and O–H groups in total. The molecule has 1 heterocycles. The van der Waals surface area contributed by atoms with Crippen LogP contribution in [0.15, 0.2) is 12.4 Å². The van der Waals surface area contributed by atoms with Crippen molar-refractivity contribution < 1.29 is 4.79 Å². The van der Waals surface area contributed by atoms with Crippen LogP contribution in [-0.2, 0) is 4.79 Å². The molecule has 0 saturated carbocycles. The number of halogens is 1. The van der Waals surface area contributed by atoms with Gasteiger partial charge >= 0.3 is 0 Å². The highest BCUT2D eigenvalue weighted by Gasteiger charge is 2.03. The van der Waals surface area contributed by atoms with Crippen LogP contribution in [0.25, 0.3) is 0 Å². The quantitative estimate of drug-likeness (QED) is 0.615. The van der Waals surface area contributed by atoms with Crippen LogP contribution in [0.5, 0.6) is 0 Å². The number of nitrogens with one attached hydrogen (secondary N) is 1. The molecule has 88 valence electrons. The van der Waals surface area contributed by atoms with E-state index >= 15 is 0 Å². The molecule has 4 nitrogen and oxygen atoms in total. The number of hydrogen-bond donors (Lipinski definition) is 1. The molecule has 1 aromatic heterocycles. The minimum absolute atomic E-state index is 0.0223. The van der Waals surface area contributed by atoms with Gasteiger partial charge in [0.2, 0.25) is 5.91 Å². The zero-order valence-electron chi connectivity index (χ0n) is 9.37. The van der Waals surface area contributed by atoms with E-state index in [1.54, 1.807) is 0 Å². The molecule has 0 aliphatic heterocycles. The number of anilines is 1. The second kappa shape index (κ2) is 7.17. The van der Waals surface area contributed by atoms with Crippen molar-refractivity contribution in [2.75, 3.05) is 5.32 Å². The normalized spacial score (nSPS) is 10.1. The Kier molecular flexibility index (Phi) is 5.78. The first-order valence-corrected chi connectivity index (χ1v) is 5.87. The molecule has 0 saturated heterocycles. The van der Waals surface area contributed by atoms with Crippen molar-refractivity contribution in [3.05, 3.63) is 17.5 Å². The van der Waals surface area contributed by atoms with Crippen LogP contribution in [0.1, 0.15) is 39.0 Å². The molecule has 0 aliphatic carbocycles. The molecule has 0 spiro atoms. The predicted molar refractivity (Wildman–Crippen MR) is 64.4 cm³/mol. The van der Waals surface area contributed by atoms with Gasteiger partial charge in [-0.05, 0) is 6.42 Å². The van der Waals surface area contributed by atoms with Crippen LogP contribution in [0.3, 0.4) is 0 Å². The number of rotatable bonds is 6. The highest BCUT2D eigenvalue weighted by molar-refractivity contribution is 6.29. The minimum atomic E-state index is -0.0223. The van der Waals surface area contributed by atoms with Crippen LogP contribution >= 0.6 is 11.6 Å². The molecule has 1 rings (SSSR count). The Hall–Kier alpha value is -1.16. The summed E-state index contributed by atoms with van der Waals surface area (Å²) in [6.07, 6.45) is 6.21. The van der Waals surface area contributed by atoms with Gasteiger partial charge < -0.3 is 5.32 Å². The molecule has 0 atom stereocenters. The lowest BCUT2D eigenvalue weighted by Crippen LogP contribution is -2.12. The van der Waals surface area contributed by atoms with Crippen molar-refractivity contribution in [3.8, 4) is 0 Å². The largest absolute Gasteiger partial charge is 0.311 e. The zero-order valence-corrected chi connectivity index (χ0v) is 10.1. The van der Waals surface area contributed by atoms with E-state index in [9.17, 15) is 4.79 Å². The van der Waals surface area contributed by atoms with E-state index in [4.69, 9.17) is 11.6 Å². The summed E-state index contributed by atoms with van der Waals surface area (Å²) in [4.78, 5) is 19.1. The van der Waals surface area contributed by atoms with Crippen molar-refractivity contribution in [2.24, 2.45) is 0 Å². The SMILES string of the molecule is CCCCCCC(=O)Nc1cc(Cl)ncn1. The summed E-state index contributed by atoms with van der Waals surface area (Å²) in [5.74, 6) is 0.436. The molecule has 0 bridgehead atoms. The summed E-state index contributed by atoms with van der Waals surface area (Å²) in [5, 5.41) is 3.02. The summed E-state index contributed by atoms with van der Waals surface area (Å²) in [6, 6.07) is 1.53. The molecule has 1 aromatic rings. The fourth-order valence-electron chi connectivity index (χ4n) is 1.32. The third kappa shape index (κ3) is 5.07. The van der Waals surface area contributed by atoms with Gasteiger partial charge in [-0.15, -0.1) is 0 Å². The Bertz CT molecular complexity index is 344. The molecular weight excluding hydrogens is 226 g/mol. The van der Waals surface area contributed by atoms with Crippen LogP contribution in [-0.4, -0.2) is 15.9 Å². The topological polar surface area (TPSA) is 54.9 Å². The van der Waals surface area contributed by atoms with Crippen LogP contribution in [0.4, 0.5) is 5.82 Å². The lowest BCUT2D eigenvalue weighted by molar-refractivity contribution is -0.116. The fraction of sp³-hybridized carbons (Fsp3) is 0.545. The predicted octanol–water partition coefficient (Wildman–Crippen LogP) is 3.04. The second-order valence-corrected chi connectivity index (χ2v) is 3.97. The zero-order chi connectivity index (χ0) is 11.8. The molecule has 0 fully saturated rings. The Morgan fingerprint density at radius 2 is 2.19 bits per heavy atom. The first-order valence-electron chi connectivity index (χ1n) is 5.49. The van der Waals surface area contributed by atoms with E-state index in [1.807, 2.05) is 0 Å². The van der Waals surface area contributed by atoms with Gasteiger partial charge in [0.25, 0.3) is 0 Å². The van der Waals surface area contributed by atoms with E-state index < -0.39 is 0 Å². The first kappa shape index (κ1) is 12.9. The van der Waals surface area contributed by atoms with Crippen molar-refractivity contribution in [1.29, 1.82) is 0 Å². The standard InChI is InChI=1S/C11H16ClN3O/c1-2-3-4-5-6-11(16)15-10-7-9(12)13-8-14-10/h7-8H,2-6H2,1H3,(H,13,14,15,16). The maximum atomic E-state index is 11.5. The lowest BCUT2D eigenvalue weighted by Gasteiger charge is -2.03. The average molecular weight is 242 g/mol. The third-order valence-electron chi connectivity index (χ3n) is 2.16. The Morgan fingerprint density at radius 3 is 2.88 bits per heavy atom. The van der Waals surface area contributed by atoms with E-state index in [-0.39, 0.29) is 5.91 Å². The number of amides is 1. The summed E-state index contributed by atoms with van der Waals surface area (Å²) in [6.45, 7) is 2.14. The van der Waals surface area contributed by atoms with Gasteiger partial charge in [-0.3, -0.25) is 4.79 Å². The molecule has 0 aromatic carbocycles. The van der Waals surface area contributed by atoms with Crippen molar-refractivity contribution in [3.63, 3.8) is 0 Å². The van der Waals surface area contributed by atoms with Crippen LogP contribution < -0.4 is 5.32 Å². The van der Waals surface area contributed by atoms with Gasteiger partial charge in [0.1, 0.15) is 17.3 Å². The summed E-state index contributed by atoms with van der Waals surface area (Å²) < 4.78 is 0. The second-order valence-electron chi connectivity index (χ2n) is 3.58. The summed E-state index contributed by atoms with van der Waals surface area (Å²) >= 11 is 5.67. The van der Waals surface area contributed by atoms with Gasteiger partial charge in [-0.1, -0.05) is 37.8 Å². The maximum Gasteiger partial charge on any atom is 0.225 e. The van der Waals surface area contributed by atoms with Crippen molar-refractivity contribution in [1.82, 2.24) is 9.97 Å².